The van der Waals surface area contributed by atoms with Crippen LogP contribution in [0.25, 0.3) is 0 Å². The molecule has 0 spiro atoms. The average molecular weight is 282 g/mol. The zero-order valence-electron chi connectivity index (χ0n) is 11.4. The SMILES string of the molecule is CC(=O)C(C)N1C(=O)C(C)(C)Oc2ccc(Cl)cc21. The van der Waals surface area contributed by atoms with Gasteiger partial charge in [-0.15, -0.1) is 0 Å². The normalized spacial score (nSPS) is 18.6. The monoisotopic (exact) mass is 281 g/mol. The van der Waals surface area contributed by atoms with Gasteiger partial charge in [-0.1, -0.05) is 11.6 Å². The molecule has 0 fully saturated rings. The third-order valence-electron chi connectivity index (χ3n) is 3.26. The molecule has 4 nitrogen and oxygen atoms in total. The predicted molar refractivity (Wildman–Crippen MR) is 73.8 cm³/mol. The molecule has 0 saturated heterocycles. The second-order valence-electron chi connectivity index (χ2n) is 5.19. The fraction of sp³-hybridized carbons (Fsp3) is 0.429. The smallest absolute Gasteiger partial charge is 0.271 e. The van der Waals surface area contributed by atoms with E-state index in [0.29, 0.717) is 16.5 Å². The van der Waals surface area contributed by atoms with Crippen LogP contribution in [-0.2, 0) is 9.59 Å². The van der Waals surface area contributed by atoms with E-state index in [-0.39, 0.29) is 11.7 Å². The van der Waals surface area contributed by atoms with Crippen molar-refractivity contribution in [3.63, 3.8) is 0 Å². The first-order valence-corrected chi connectivity index (χ1v) is 6.44. The Morgan fingerprint density at radius 1 is 1.42 bits per heavy atom. The van der Waals surface area contributed by atoms with E-state index < -0.39 is 11.6 Å². The maximum Gasteiger partial charge on any atom is 0.271 e. The van der Waals surface area contributed by atoms with Crippen LogP contribution >= 0.6 is 11.6 Å². The Bertz CT molecular complexity index is 554. The van der Waals surface area contributed by atoms with E-state index in [1.807, 2.05) is 0 Å². The van der Waals surface area contributed by atoms with Gasteiger partial charge in [0.2, 0.25) is 0 Å². The maximum absolute atomic E-state index is 12.5. The summed E-state index contributed by atoms with van der Waals surface area (Å²) in [6, 6.07) is 4.51. The van der Waals surface area contributed by atoms with Crippen molar-refractivity contribution in [1.82, 2.24) is 0 Å². The quantitative estimate of drug-likeness (QED) is 0.837. The molecule has 1 aliphatic rings. The number of halogens is 1. The van der Waals surface area contributed by atoms with E-state index in [2.05, 4.69) is 0 Å². The summed E-state index contributed by atoms with van der Waals surface area (Å²) >= 11 is 5.97. The summed E-state index contributed by atoms with van der Waals surface area (Å²) in [5.74, 6) is 0.226. The van der Waals surface area contributed by atoms with Gasteiger partial charge in [0.05, 0.1) is 11.7 Å². The fourth-order valence-corrected chi connectivity index (χ4v) is 2.22. The number of rotatable bonds is 2. The van der Waals surface area contributed by atoms with Crippen molar-refractivity contribution >= 4 is 29.0 Å². The maximum atomic E-state index is 12.5. The van der Waals surface area contributed by atoms with Crippen molar-refractivity contribution in [1.29, 1.82) is 0 Å². The molecule has 1 unspecified atom stereocenters. The molecule has 1 aliphatic heterocycles. The van der Waals surface area contributed by atoms with Crippen LogP contribution in [0.4, 0.5) is 5.69 Å². The fourth-order valence-electron chi connectivity index (χ4n) is 2.05. The van der Waals surface area contributed by atoms with Crippen LogP contribution in [0.3, 0.4) is 0 Å². The lowest BCUT2D eigenvalue weighted by Crippen LogP contribution is -2.56. The number of Topliss-reactive ketones (excluding diaryl/α,β-unsaturated/α-hetero) is 1. The standard InChI is InChI=1S/C14H16ClNO3/c1-8(9(2)17)16-11-7-10(15)5-6-12(11)19-14(3,4)13(16)18/h5-8H,1-4H3. The van der Waals surface area contributed by atoms with Crippen LogP contribution in [0.5, 0.6) is 5.75 Å². The number of nitrogens with zero attached hydrogens (tertiary/aromatic N) is 1. The van der Waals surface area contributed by atoms with Gasteiger partial charge in [0.1, 0.15) is 5.75 Å². The molecule has 1 atom stereocenters. The number of ether oxygens (including phenoxy) is 1. The van der Waals surface area contributed by atoms with Crippen LogP contribution in [-0.4, -0.2) is 23.3 Å². The number of fused-ring (bicyclic) bond motifs is 1. The van der Waals surface area contributed by atoms with Crippen molar-refractivity contribution in [2.75, 3.05) is 4.90 Å². The first-order valence-electron chi connectivity index (χ1n) is 6.06. The molecule has 1 amide bonds. The van der Waals surface area contributed by atoms with Gasteiger partial charge in [0, 0.05) is 5.02 Å². The summed E-state index contributed by atoms with van der Waals surface area (Å²) < 4.78 is 5.69. The van der Waals surface area contributed by atoms with Crippen LogP contribution in [0.2, 0.25) is 5.02 Å². The molecule has 5 heteroatoms. The Balaban J connectivity index is 2.60. The molecule has 0 N–H and O–H groups in total. The van der Waals surface area contributed by atoms with E-state index >= 15 is 0 Å². The Hall–Kier alpha value is -1.55. The van der Waals surface area contributed by atoms with Crippen LogP contribution < -0.4 is 9.64 Å². The number of carbonyl (C=O) groups is 2. The lowest BCUT2D eigenvalue weighted by Gasteiger charge is -2.41. The highest BCUT2D eigenvalue weighted by Crippen LogP contribution is 2.40. The molecule has 0 radical (unpaired) electrons. The Kier molecular flexibility index (Phi) is 3.31. The summed E-state index contributed by atoms with van der Waals surface area (Å²) in [4.78, 5) is 25.6. The third-order valence-corrected chi connectivity index (χ3v) is 3.49. The average Bonchev–Trinajstić information content (AvgIpc) is 2.31. The van der Waals surface area contributed by atoms with Crippen LogP contribution in [0, 0.1) is 0 Å². The molecular weight excluding hydrogens is 266 g/mol. The van der Waals surface area contributed by atoms with Crippen molar-refractivity contribution in [3.8, 4) is 5.75 Å². The third kappa shape index (κ3) is 2.32. The number of hydrogen-bond donors (Lipinski definition) is 0. The number of anilines is 1. The van der Waals surface area contributed by atoms with Crippen molar-refractivity contribution in [2.45, 2.75) is 39.3 Å². The summed E-state index contributed by atoms with van der Waals surface area (Å²) in [6.07, 6.45) is 0. The summed E-state index contributed by atoms with van der Waals surface area (Å²) in [7, 11) is 0. The van der Waals surface area contributed by atoms with Gasteiger partial charge >= 0.3 is 0 Å². The second-order valence-corrected chi connectivity index (χ2v) is 5.62. The molecule has 1 heterocycles. The van der Waals surface area contributed by atoms with Gasteiger partial charge in [0.25, 0.3) is 5.91 Å². The first kappa shape index (κ1) is 13.9. The minimum Gasteiger partial charge on any atom is -0.476 e. The zero-order chi connectivity index (χ0) is 14.4. The highest BCUT2D eigenvalue weighted by molar-refractivity contribution is 6.31. The topological polar surface area (TPSA) is 46.6 Å². The highest BCUT2D eigenvalue weighted by Gasteiger charge is 2.43. The number of carbonyl (C=O) groups excluding carboxylic acids is 2. The molecule has 0 bridgehead atoms. The van der Waals surface area contributed by atoms with Crippen LogP contribution in [0.15, 0.2) is 18.2 Å². The molecule has 0 aromatic heterocycles. The molecular formula is C14H16ClNO3. The molecule has 1 aromatic carbocycles. The predicted octanol–water partition coefficient (Wildman–Crippen LogP) is 2.82. The minimum atomic E-state index is -0.995. The van der Waals surface area contributed by atoms with Gasteiger partial charge in [-0.3, -0.25) is 14.5 Å². The molecule has 19 heavy (non-hydrogen) atoms. The minimum absolute atomic E-state index is 0.0861. The van der Waals surface area contributed by atoms with Gasteiger partial charge < -0.3 is 4.74 Å². The lowest BCUT2D eigenvalue weighted by molar-refractivity contribution is -0.134. The highest BCUT2D eigenvalue weighted by atomic mass is 35.5. The summed E-state index contributed by atoms with van der Waals surface area (Å²) in [6.45, 7) is 6.54. The number of ketones is 1. The summed E-state index contributed by atoms with van der Waals surface area (Å²) in [5.41, 5.74) is -0.454. The summed E-state index contributed by atoms with van der Waals surface area (Å²) in [5, 5.41) is 0.496. The molecule has 2 rings (SSSR count). The number of hydrogen-bond acceptors (Lipinski definition) is 3. The zero-order valence-corrected chi connectivity index (χ0v) is 12.1. The second kappa shape index (κ2) is 4.53. The van der Waals surface area contributed by atoms with Gasteiger partial charge in [-0.2, -0.15) is 0 Å². The van der Waals surface area contributed by atoms with Crippen molar-refractivity contribution in [2.24, 2.45) is 0 Å². The lowest BCUT2D eigenvalue weighted by atomic mass is 10.0. The Labute approximate surface area is 117 Å². The van der Waals surface area contributed by atoms with Gasteiger partial charge in [-0.25, -0.2) is 0 Å². The van der Waals surface area contributed by atoms with E-state index in [0.717, 1.165) is 0 Å². The molecule has 0 aliphatic carbocycles. The van der Waals surface area contributed by atoms with Gasteiger partial charge in [-0.05, 0) is 45.9 Å². The Morgan fingerprint density at radius 3 is 2.63 bits per heavy atom. The van der Waals surface area contributed by atoms with Crippen molar-refractivity contribution in [3.05, 3.63) is 23.2 Å². The van der Waals surface area contributed by atoms with Crippen molar-refractivity contribution < 1.29 is 14.3 Å². The van der Waals surface area contributed by atoms with E-state index in [1.54, 1.807) is 39.0 Å². The molecule has 1 aromatic rings. The first-order chi connectivity index (χ1) is 8.74. The number of amides is 1. The van der Waals surface area contributed by atoms with E-state index in [9.17, 15) is 9.59 Å². The van der Waals surface area contributed by atoms with E-state index in [1.165, 1.54) is 11.8 Å². The largest absolute Gasteiger partial charge is 0.476 e. The molecule has 0 saturated carbocycles. The van der Waals surface area contributed by atoms with Gasteiger partial charge in [0.15, 0.2) is 11.4 Å². The molecule has 102 valence electrons. The Morgan fingerprint density at radius 2 is 2.05 bits per heavy atom. The van der Waals surface area contributed by atoms with Crippen LogP contribution in [0.1, 0.15) is 27.7 Å². The number of benzene rings is 1. The van der Waals surface area contributed by atoms with E-state index in [4.69, 9.17) is 16.3 Å².